The first-order chi connectivity index (χ1) is 7.94. The molecule has 92 valence electrons. The normalized spacial score (nSPS) is 19.6. The van der Waals surface area contributed by atoms with Crippen LogP contribution in [0.1, 0.15) is 24.3 Å². The first kappa shape index (κ1) is 11.6. The summed E-state index contributed by atoms with van der Waals surface area (Å²) in [7, 11) is 1.74. The van der Waals surface area contributed by atoms with Gasteiger partial charge in [-0.05, 0) is 13.8 Å². The van der Waals surface area contributed by atoms with Crippen molar-refractivity contribution in [3.8, 4) is 0 Å². The van der Waals surface area contributed by atoms with E-state index in [4.69, 9.17) is 0 Å². The second-order valence-corrected chi connectivity index (χ2v) is 4.60. The Balaban J connectivity index is 2.27. The van der Waals surface area contributed by atoms with E-state index in [1.165, 1.54) is 11.1 Å². The lowest BCUT2D eigenvalue weighted by Crippen LogP contribution is -2.63. The number of nitrogens with one attached hydrogen (secondary N) is 1. The standard InChI is InChI=1S/C10H15N5O2/c1-10(2)9(17)14(3)4-5-15(10)8(16)7-6-11-13-12-7/h6H,4-5H2,1-3H3,(H,11,12,13). The maximum atomic E-state index is 12.2. The zero-order valence-corrected chi connectivity index (χ0v) is 10.1. The van der Waals surface area contributed by atoms with E-state index in [0.717, 1.165) is 0 Å². The van der Waals surface area contributed by atoms with Gasteiger partial charge in [0.2, 0.25) is 5.91 Å². The zero-order chi connectivity index (χ0) is 12.6. The Kier molecular flexibility index (Phi) is 2.60. The summed E-state index contributed by atoms with van der Waals surface area (Å²) in [6.07, 6.45) is 1.36. The Bertz CT molecular complexity index is 440. The van der Waals surface area contributed by atoms with Crippen molar-refractivity contribution in [3.05, 3.63) is 11.9 Å². The van der Waals surface area contributed by atoms with Crippen LogP contribution < -0.4 is 0 Å². The van der Waals surface area contributed by atoms with Crippen molar-refractivity contribution < 1.29 is 9.59 Å². The molecular formula is C10H15N5O2. The Morgan fingerprint density at radius 3 is 2.76 bits per heavy atom. The molecule has 1 fully saturated rings. The molecule has 0 saturated carbocycles. The van der Waals surface area contributed by atoms with E-state index in [9.17, 15) is 9.59 Å². The fourth-order valence-corrected chi connectivity index (χ4v) is 2.01. The molecule has 7 nitrogen and oxygen atoms in total. The third-order valence-electron chi connectivity index (χ3n) is 3.08. The maximum absolute atomic E-state index is 12.2. The number of aromatic amines is 1. The van der Waals surface area contributed by atoms with Crippen molar-refractivity contribution in [3.63, 3.8) is 0 Å². The van der Waals surface area contributed by atoms with Gasteiger partial charge in [-0.1, -0.05) is 0 Å². The summed E-state index contributed by atoms with van der Waals surface area (Å²) in [5.74, 6) is -0.342. The summed E-state index contributed by atoms with van der Waals surface area (Å²) in [5, 5.41) is 9.74. The summed E-state index contributed by atoms with van der Waals surface area (Å²) in [4.78, 5) is 27.3. The van der Waals surface area contributed by atoms with E-state index in [1.54, 1.807) is 25.8 Å². The van der Waals surface area contributed by atoms with E-state index in [1.807, 2.05) is 0 Å². The van der Waals surface area contributed by atoms with Gasteiger partial charge in [0.05, 0.1) is 6.20 Å². The van der Waals surface area contributed by atoms with Gasteiger partial charge in [0, 0.05) is 20.1 Å². The van der Waals surface area contributed by atoms with Crippen LogP contribution in [0.15, 0.2) is 6.20 Å². The summed E-state index contributed by atoms with van der Waals surface area (Å²) in [6.45, 7) is 4.51. The van der Waals surface area contributed by atoms with E-state index in [0.29, 0.717) is 13.1 Å². The van der Waals surface area contributed by atoms with Crippen LogP contribution in [0.5, 0.6) is 0 Å². The minimum absolute atomic E-state index is 0.0689. The maximum Gasteiger partial charge on any atom is 0.276 e. The molecule has 0 atom stereocenters. The monoisotopic (exact) mass is 237 g/mol. The van der Waals surface area contributed by atoms with Gasteiger partial charge < -0.3 is 9.80 Å². The largest absolute Gasteiger partial charge is 0.342 e. The highest BCUT2D eigenvalue weighted by Gasteiger charge is 2.43. The fraction of sp³-hybridized carbons (Fsp3) is 0.600. The number of aromatic nitrogens is 3. The molecule has 0 radical (unpaired) electrons. The highest BCUT2D eigenvalue weighted by molar-refractivity contribution is 5.98. The molecule has 17 heavy (non-hydrogen) atoms. The molecule has 0 unspecified atom stereocenters. The number of likely N-dealkylation sites (N-methyl/N-ethyl adjacent to an activating group) is 1. The Morgan fingerprint density at radius 1 is 1.47 bits per heavy atom. The van der Waals surface area contributed by atoms with Gasteiger partial charge in [-0.25, -0.2) is 0 Å². The molecule has 0 spiro atoms. The van der Waals surface area contributed by atoms with Crippen molar-refractivity contribution >= 4 is 11.8 Å². The molecule has 2 rings (SSSR count). The second-order valence-electron chi connectivity index (χ2n) is 4.60. The smallest absolute Gasteiger partial charge is 0.276 e. The van der Waals surface area contributed by atoms with Gasteiger partial charge in [-0.15, -0.1) is 0 Å². The van der Waals surface area contributed by atoms with Crippen molar-refractivity contribution in [2.75, 3.05) is 20.1 Å². The lowest BCUT2D eigenvalue weighted by molar-refractivity contribution is -0.144. The Morgan fingerprint density at radius 2 is 2.18 bits per heavy atom. The molecule has 2 heterocycles. The predicted octanol–water partition coefficient (Wildman–Crippen LogP) is -0.503. The number of piperazine rings is 1. The van der Waals surface area contributed by atoms with E-state index in [2.05, 4.69) is 15.4 Å². The number of carbonyl (C=O) groups is 2. The molecular weight excluding hydrogens is 222 g/mol. The van der Waals surface area contributed by atoms with Crippen LogP contribution >= 0.6 is 0 Å². The van der Waals surface area contributed by atoms with Crippen LogP contribution in [-0.4, -0.2) is 62.7 Å². The number of hydrogen-bond donors (Lipinski definition) is 1. The molecule has 1 aromatic rings. The van der Waals surface area contributed by atoms with Gasteiger partial charge >= 0.3 is 0 Å². The van der Waals surface area contributed by atoms with Crippen molar-refractivity contribution in [1.82, 2.24) is 25.2 Å². The molecule has 2 amide bonds. The third kappa shape index (κ3) is 1.77. The van der Waals surface area contributed by atoms with Crippen LogP contribution in [0.3, 0.4) is 0 Å². The van der Waals surface area contributed by atoms with Crippen LogP contribution in [0.2, 0.25) is 0 Å². The quantitative estimate of drug-likeness (QED) is 0.713. The molecule has 1 aliphatic rings. The molecule has 1 N–H and O–H groups in total. The molecule has 7 heteroatoms. The van der Waals surface area contributed by atoms with Crippen molar-refractivity contribution in [2.24, 2.45) is 0 Å². The number of nitrogens with zero attached hydrogens (tertiary/aromatic N) is 4. The first-order valence-corrected chi connectivity index (χ1v) is 5.38. The highest BCUT2D eigenvalue weighted by Crippen LogP contribution is 2.23. The number of hydrogen-bond acceptors (Lipinski definition) is 4. The minimum atomic E-state index is -0.844. The molecule has 0 aliphatic carbocycles. The number of rotatable bonds is 1. The van der Waals surface area contributed by atoms with Gasteiger partial charge in [0.1, 0.15) is 5.54 Å². The fourth-order valence-electron chi connectivity index (χ4n) is 2.01. The molecule has 0 bridgehead atoms. The zero-order valence-electron chi connectivity index (χ0n) is 10.1. The van der Waals surface area contributed by atoms with Gasteiger partial charge in [0.25, 0.3) is 5.91 Å². The molecule has 1 aliphatic heterocycles. The van der Waals surface area contributed by atoms with E-state index in [-0.39, 0.29) is 17.5 Å². The second kappa shape index (κ2) is 3.83. The third-order valence-corrected chi connectivity index (χ3v) is 3.08. The van der Waals surface area contributed by atoms with Crippen LogP contribution in [0.25, 0.3) is 0 Å². The SMILES string of the molecule is CN1CCN(C(=O)c2cn[nH]n2)C(C)(C)C1=O. The van der Waals surface area contributed by atoms with Crippen molar-refractivity contribution in [2.45, 2.75) is 19.4 Å². The molecule has 1 aromatic heterocycles. The number of amides is 2. The average molecular weight is 237 g/mol. The van der Waals surface area contributed by atoms with Crippen LogP contribution in [0, 0.1) is 0 Å². The topological polar surface area (TPSA) is 82.2 Å². The predicted molar refractivity (Wildman–Crippen MR) is 59.1 cm³/mol. The molecule has 0 aromatic carbocycles. The Labute approximate surface area is 98.8 Å². The van der Waals surface area contributed by atoms with Crippen molar-refractivity contribution in [1.29, 1.82) is 0 Å². The van der Waals surface area contributed by atoms with Gasteiger partial charge in [-0.2, -0.15) is 15.4 Å². The lowest BCUT2D eigenvalue weighted by Gasteiger charge is -2.44. The van der Waals surface area contributed by atoms with Crippen LogP contribution in [0.4, 0.5) is 0 Å². The average Bonchev–Trinajstić information content (AvgIpc) is 2.79. The summed E-state index contributed by atoms with van der Waals surface area (Å²) in [5.41, 5.74) is -0.612. The summed E-state index contributed by atoms with van der Waals surface area (Å²) in [6, 6.07) is 0. The van der Waals surface area contributed by atoms with Crippen LogP contribution in [-0.2, 0) is 4.79 Å². The minimum Gasteiger partial charge on any atom is -0.342 e. The van der Waals surface area contributed by atoms with Gasteiger partial charge in [-0.3, -0.25) is 9.59 Å². The van der Waals surface area contributed by atoms with Gasteiger partial charge in [0.15, 0.2) is 5.69 Å². The highest BCUT2D eigenvalue weighted by atomic mass is 16.2. The summed E-state index contributed by atoms with van der Waals surface area (Å²) >= 11 is 0. The van der Waals surface area contributed by atoms with E-state index < -0.39 is 5.54 Å². The number of H-pyrrole nitrogens is 1. The lowest BCUT2D eigenvalue weighted by atomic mass is 9.97. The first-order valence-electron chi connectivity index (χ1n) is 5.38. The number of carbonyl (C=O) groups excluding carboxylic acids is 2. The van der Waals surface area contributed by atoms with E-state index >= 15 is 0 Å². The summed E-state index contributed by atoms with van der Waals surface area (Å²) < 4.78 is 0. The molecule has 1 saturated heterocycles. The Hall–Kier alpha value is -1.92.